The molecule has 4 aliphatic rings. The maximum Gasteiger partial charge on any atom is 0.402 e. The lowest BCUT2D eigenvalue weighted by Crippen LogP contribution is -2.62. The minimum atomic E-state index is -2.22. The van der Waals surface area contributed by atoms with E-state index in [2.05, 4.69) is 234 Å². The fourth-order valence-electron chi connectivity index (χ4n) is 17.7. The van der Waals surface area contributed by atoms with Crippen LogP contribution in [0.3, 0.4) is 0 Å². The molecule has 0 atom stereocenters. The molecule has 0 fully saturated rings. The second-order valence-electron chi connectivity index (χ2n) is 30.9. The van der Waals surface area contributed by atoms with Crippen molar-refractivity contribution in [3.05, 3.63) is 308 Å². The van der Waals surface area contributed by atoms with E-state index in [0.717, 1.165) is 103 Å². The Morgan fingerprint density at radius 1 is 0.310 bits per heavy atom. The van der Waals surface area contributed by atoms with E-state index < -0.39 is 13.7 Å². The number of aromatic nitrogens is 8. The molecule has 0 N–H and O–H groups in total. The van der Waals surface area contributed by atoms with Gasteiger partial charge >= 0.3 is 27.4 Å². The number of rotatable bonds is 8. The molecule has 16 heterocycles. The third kappa shape index (κ3) is 13.6. The molecule has 0 saturated carbocycles. The summed E-state index contributed by atoms with van der Waals surface area (Å²) in [4.78, 5) is 26.3. The largest absolute Gasteiger partial charge is 0.438 e. The molecule has 20 heteroatoms. The van der Waals surface area contributed by atoms with Gasteiger partial charge in [-0.15, -0.1) is 0 Å². The lowest BCUT2D eigenvalue weighted by molar-refractivity contribution is -0.654. The van der Waals surface area contributed by atoms with Gasteiger partial charge in [0.15, 0.2) is 58.0 Å². The minimum Gasteiger partial charge on any atom is -0.438 e. The number of benzene rings is 4. The Labute approximate surface area is 685 Å². The second-order valence-corrected chi connectivity index (χ2v) is 30.9. The van der Waals surface area contributed by atoms with Crippen LogP contribution in [0, 0.1) is 27.6 Å². The molecule has 0 spiro atoms. The van der Waals surface area contributed by atoms with E-state index in [1.54, 1.807) is 37.2 Å². The van der Waals surface area contributed by atoms with Crippen molar-refractivity contribution in [3.8, 4) is 44.5 Å². The fourth-order valence-corrected chi connectivity index (χ4v) is 17.7. The Balaban J connectivity index is 0.000000116. The van der Waals surface area contributed by atoms with Crippen LogP contribution >= 0.6 is 0 Å². The predicted molar refractivity (Wildman–Crippen MR) is 471 cm³/mol. The maximum atomic E-state index is 8.10. The van der Waals surface area contributed by atoms with E-state index in [1.165, 1.54) is 60.7 Å². The molecule has 568 valence electrons. The third-order valence-electron chi connectivity index (χ3n) is 23.2. The number of pyridine rings is 8. The molecular weight excluding hydrogens is 1430 g/mol. The molecule has 0 bridgehead atoms. The number of nitrogens with zero attached hydrogens (tertiary/aromatic N) is 12. The molecule has 0 amide bonds. The Morgan fingerprint density at radius 2 is 0.603 bits per heavy atom. The van der Waals surface area contributed by atoms with Gasteiger partial charge in [-0.2, -0.15) is 0 Å². The van der Waals surface area contributed by atoms with Crippen molar-refractivity contribution in [2.24, 2.45) is 28.2 Å². The normalized spacial score (nSPS) is 14.6. The highest BCUT2D eigenvalue weighted by molar-refractivity contribution is 6.87. The molecule has 4 aliphatic heterocycles. The number of hydrogen-bond donors (Lipinski definition) is 0. The summed E-state index contributed by atoms with van der Waals surface area (Å²) in [5.41, 5.74) is 26.6. The summed E-state index contributed by atoms with van der Waals surface area (Å²) in [6.45, 7) is 8.53. The van der Waals surface area contributed by atoms with Crippen LogP contribution in [-0.2, 0) is 28.2 Å². The summed E-state index contributed by atoms with van der Waals surface area (Å²) in [6, 6.07) is 65.1. The molecule has 116 heavy (non-hydrogen) atoms. The molecule has 16 aromatic rings. The molecule has 16 nitrogen and oxygen atoms in total. The molecule has 0 saturated heterocycles. The van der Waals surface area contributed by atoms with Crippen molar-refractivity contribution in [1.82, 2.24) is 39.2 Å². The topological polar surface area (TPSA) is 133 Å². The lowest BCUT2D eigenvalue weighted by atomic mass is 9.49. The fraction of sp³-hybridized carbons (Fsp3) is 0.167. The van der Waals surface area contributed by atoms with Gasteiger partial charge in [-0.1, -0.05) is 132 Å². The number of aryl methyl sites for hydroxylation is 8. The average molecular weight is 1530 g/mol. The smallest absolute Gasteiger partial charge is 0.402 e. The van der Waals surface area contributed by atoms with Crippen molar-refractivity contribution in [3.63, 3.8) is 0 Å². The number of hydrogen-bond acceptors (Lipinski definition) is 12. The van der Waals surface area contributed by atoms with Gasteiger partial charge in [0.25, 0.3) is 0 Å². The van der Waals surface area contributed by atoms with Gasteiger partial charge < -0.3 is 36.9 Å². The first-order valence-electron chi connectivity index (χ1n) is 42.0. The summed E-state index contributed by atoms with van der Waals surface area (Å²) >= 11 is 0. The molecule has 0 aliphatic carbocycles. The third-order valence-corrected chi connectivity index (χ3v) is 23.2. The minimum absolute atomic E-state index is 0.0818. The molecule has 12 aromatic heterocycles. The van der Waals surface area contributed by atoms with E-state index >= 15 is 0 Å². The first-order chi connectivity index (χ1) is 58.6. The molecule has 4 aromatic carbocycles. The highest BCUT2D eigenvalue weighted by Gasteiger charge is 2.41. The van der Waals surface area contributed by atoms with Crippen molar-refractivity contribution >= 4 is 141 Å². The van der Waals surface area contributed by atoms with E-state index in [-0.39, 0.29) is 27.4 Å². The summed E-state index contributed by atoms with van der Waals surface area (Å²) in [5, 5.41) is 8.47. The highest BCUT2D eigenvalue weighted by Crippen LogP contribution is 2.28. The SMILES string of the molecule is CC1=c2c(oc3ncccc23)=CN(C)B1c1cc(C)c(-c2ccccc2)c[n+]1C.CC1=c2oc3ncccc3c2=CN(C)B1c1cc(C)c(-c2ccccc2)c[n+]1C.[2H]C([2H])([2H])c1c[n+](C)c(B2C(C)=c3c(oc4ncccc34)=CN2C)cc1-c1ccccc1.[2H]C([2H])([2H])c1c[n+](C)c(B2C(C)=c3oc4ncccc4c3=CN2C)cc1-c1ccccc1. The van der Waals surface area contributed by atoms with E-state index in [1.807, 2.05) is 153 Å². The lowest BCUT2D eigenvalue weighted by Gasteiger charge is -2.25. The molecule has 0 radical (unpaired) electrons. The molecule has 0 unspecified atom stereocenters. The van der Waals surface area contributed by atoms with Crippen LogP contribution in [0.5, 0.6) is 0 Å². The van der Waals surface area contributed by atoms with Gasteiger partial charge in [0.1, 0.15) is 39.0 Å². The first kappa shape index (κ1) is 68.3. The van der Waals surface area contributed by atoms with Crippen LogP contribution in [0.2, 0.25) is 0 Å². The van der Waals surface area contributed by atoms with Crippen molar-refractivity contribution in [1.29, 1.82) is 0 Å². The van der Waals surface area contributed by atoms with Gasteiger partial charge in [0.2, 0.25) is 22.9 Å². The van der Waals surface area contributed by atoms with Crippen LogP contribution in [0.4, 0.5) is 0 Å². The zero-order valence-electron chi connectivity index (χ0n) is 73.7. The quantitative estimate of drug-likeness (QED) is 0.109. The standard InChI is InChI=1S/4C24H23BN3O/c1-16-14-27(3)22(13-20(16)18-9-6-5-7-10-18)25-17(2)23-19-11-8-12-26-24(19)29-21(23)15-28(25)4;1-16-14-27(3)22(13-20(16)18-9-6-5-7-10-18)25-17(2)23-21(15-28(25)4)19-11-8-12-26-24(19)29-23;1-16-13-22(27(3)14-20(16)18-9-6-5-7-10-18)25-17(2)23-19-11-8-12-26-24(19)29-21(23)15-28(25)4;1-16-13-22(27(3)14-20(16)18-9-6-5-7-10-18)25-17(2)23-21(15-28(25)4)19-11-8-12-26-24(19)29-23/h4*5-15H,1-4H3/q4*+1/i2*1D3;;. The Morgan fingerprint density at radius 3 is 0.948 bits per heavy atom. The van der Waals surface area contributed by atoms with Crippen LogP contribution in [0.1, 0.15) is 58.2 Å². The van der Waals surface area contributed by atoms with Gasteiger partial charge in [0.05, 0.1) is 0 Å². The zero-order chi connectivity index (χ0) is 85.5. The van der Waals surface area contributed by atoms with Crippen LogP contribution in [0.15, 0.2) is 261 Å². The molecular formula is C96H92B4N12O4+4. The van der Waals surface area contributed by atoms with Crippen molar-refractivity contribution in [2.45, 2.75) is 55.2 Å². The van der Waals surface area contributed by atoms with Gasteiger partial charge in [-0.25, -0.2) is 38.2 Å². The maximum absolute atomic E-state index is 8.10. The van der Waals surface area contributed by atoms with Gasteiger partial charge in [0, 0.05) is 134 Å². The van der Waals surface area contributed by atoms with Crippen LogP contribution < -0.4 is 83.2 Å². The van der Waals surface area contributed by atoms with E-state index in [0.29, 0.717) is 34.0 Å². The Kier molecular flexibility index (Phi) is 18.2. The van der Waals surface area contributed by atoms with Crippen molar-refractivity contribution < 1.29 is 44.2 Å². The molecule has 20 rings (SSSR count). The van der Waals surface area contributed by atoms with Crippen molar-refractivity contribution in [2.75, 3.05) is 28.2 Å². The average Bonchev–Trinajstić information content (AvgIpc) is 1.62. The highest BCUT2D eigenvalue weighted by atomic mass is 16.3. The Bertz CT molecular complexity index is 7390. The van der Waals surface area contributed by atoms with Gasteiger partial charge in [-0.3, -0.25) is 0 Å². The summed E-state index contributed by atoms with van der Waals surface area (Å²) in [5.74, 6) is 0. The zero-order valence-corrected chi connectivity index (χ0v) is 67.7. The second kappa shape index (κ2) is 30.9. The predicted octanol–water partition coefficient (Wildman–Crippen LogP) is 7.68. The van der Waals surface area contributed by atoms with E-state index in [4.69, 9.17) is 25.9 Å². The van der Waals surface area contributed by atoms with Crippen LogP contribution in [0.25, 0.3) is 136 Å². The first-order valence-corrected chi connectivity index (χ1v) is 39.0. The van der Waals surface area contributed by atoms with E-state index in [9.17, 15) is 0 Å². The number of fused-ring (bicyclic) bond motifs is 12. The Hall–Kier alpha value is -13.3. The summed E-state index contributed by atoms with van der Waals surface area (Å²) in [6.07, 6.45) is 23.3. The summed E-state index contributed by atoms with van der Waals surface area (Å²) < 4.78 is 81.2. The summed E-state index contributed by atoms with van der Waals surface area (Å²) in [7, 11) is 16.3. The van der Waals surface area contributed by atoms with Crippen LogP contribution in [-0.4, -0.2) is 94.8 Å². The number of furan rings is 4. The van der Waals surface area contributed by atoms with Gasteiger partial charge in [-0.05, 0) is 200 Å². The monoisotopic (exact) mass is 1530 g/mol.